The van der Waals surface area contributed by atoms with Gasteiger partial charge in [0.2, 0.25) is 5.91 Å². The molecule has 0 saturated heterocycles. The fraction of sp³-hybridized carbons (Fsp3) is 0.0714. The van der Waals surface area contributed by atoms with E-state index >= 15 is 0 Å². The van der Waals surface area contributed by atoms with Crippen molar-refractivity contribution in [1.82, 2.24) is 0 Å². The number of nitrogens with one attached hydrogen (secondary N) is 2. The van der Waals surface area contributed by atoms with Gasteiger partial charge in [-0.3, -0.25) is 9.59 Å². The monoisotopic (exact) mass is 468 g/mol. The number of rotatable bonds is 8. The SMILES string of the molecule is Cc1ccccc1C(=O)Nc1cccc(SCC(=O)Nc2ccc(Oc3ccccc3)cc2)c1. The van der Waals surface area contributed by atoms with E-state index < -0.39 is 0 Å². The highest BCUT2D eigenvalue weighted by Crippen LogP contribution is 2.24. The highest BCUT2D eigenvalue weighted by atomic mass is 32.2. The van der Waals surface area contributed by atoms with Crippen molar-refractivity contribution in [1.29, 1.82) is 0 Å². The van der Waals surface area contributed by atoms with Crippen LogP contribution in [0.2, 0.25) is 0 Å². The molecule has 2 N–H and O–H groups in total. The molecule has 0 aromatic heterocycles. The third kappa shape index (κ3) is 6.49. The van der Waals surface area contributed by atoms with Crippen molar-refractivity contribution in [3.63, 3.8) is 0 Å². The molecule has 34 heavy (non-hydrogen) atoms. The molecule has 0 unspecified atom stereocenters. The lowest BCUT2D eigenvalue weighted by molar-refractivity contribution is -0.113. The van der Waals surface area contributed by atoms with Crippen LogP contribution in [0.5, 0.6) is 11.5 Å². The molecule has 4 aromatic carbocycles. The van der Waals surface area contributed by atoms with E-state index in [1.54, 1.807) is 6.07 Å². The Hall–Kier alpha value is -4.03. The Kier molecular flexibility index (Phi) is 7.63. The number of hydrogen-bond acceptors (Lipinski definition) is 4. The third-order valence-electron chi connectivity index (χ3n) is 4.97. The van der Waals surface area contributed by atoms with Gasteiger partial charge in [0.1, 0.15) is 11.5 Å². The van der Waals surface area contributed by atoms with Crippen molar-refractivity contribution < 1.29 is 14.3 Å². The number of amides is 2. The largest absolute Gasteiger partial charge is 0.457 e. The van der Waals surface area contributed by atoms with E-state index in [1.807, 2.05) is 104 Å². The van der Waals surface area contributed by atoms with E-state index in [1.165, 1.54) is 11.8 Å². The first-order valence-corrected chi connectivity index (χ1v) is 11.8. The van der Waals surface area contributed by atoms with Crippen molar-refractivity contribution in [3.8, 4) is 11.5 Å². The van der Waals surface area contributed by atoms with Crippen LogP contribution in [0.15, 0.2) is 108 Å². The van der Waals surface area contributed by atoms with Gasteiger partial charge in [0, 0.05) is 21.8 Å². The number of ether oxygens (including phenoxy) is 1. The standard InChI is InChI=1S/C28H24N2O3S/c1-20-8-5-6-13-26(20)28(32)30-22-9-7-12-25(18-22)34-19-27(31)29-21-14-16-24(17-15-21)33-23-10-3-2-4-11-23/h2-18H,19H2,1H3,(H,29,31)(H,30,32). The highest BCUT2D eigenvalue weighted by molar-refractivity contribution is 8.00. The normalized spacial score (nSPS) is 10.4. The van der Waals surface area contributed by atoms with Gasteiger partial charge in [-0.1, -0.05) is 42.5 Å². The summed E-state index contributed by atoms with van der Waals surface area (Å²) in [4.78, 5) is 25.9. The first kappa shape index (κ1) is 23.1. The predicted octanol–water partition coefficient (Wildman–Crippen LogP) is 6.77. The van der Waals surface area contributed by atoms with E-state index in [2.05, 4.69) is 10.6 Å². The van der Waals surface area contributed by atoms with Crippen molar-refractivity contribution in [2.45, 2.75) is 11.8 Å². The Balaban J connectivity index is 1.28. The quantitative estimate of drug-likeness (QED) is 0.280. The average molecular weight is 469 g/mol. The zero-order valence-electron chi connectivity index (χ0n) is 18.7. The fourth-order valence-electron chi connectivity index (χ4n) is 3.27. The molecule has 0 radical (unpaired) electrons. The molecule has 5 nitrogen and oxygen atoms in total. The summed E-state index contributed by atoms with van der Waals surface area (Å²) in [5.41, 5.74) is 2.94. The van der Waals surface area contributed by atoms with Crippen LogP contribution < -0.4 is 15.4 Å². The molecule has 0 aliphatic rings. The maximum Gasteiger partial charge on any atom is 0.255 e. The van der Waals surface area contributed by atoms with Crippen LogP contribution in [0, 0.1) is 6.92 Å². The van der Waals surface area contributed by atoms with Gasteiger partial charge >= 0.3 is 0 Å². The van der Waals surface area contributed by atoms with Crippen LogP contribution in [0.1, 0.15) is 15.9 Å². The second-order valence-corrected chi connectivity index (χ2v) is 8.62. The third-order valence-corrected chi connectivity index (χ3v) is 5.96. The maximum atomic E-state index is 12.6. The molecule has 0 atom stereocenters. The van der Waals surface area contributed by atoms with Crippen LogP contribution in [0.3, 0.4) is 0 Å². The Labute approximate surface area is 203 Å². The number of aryl methyl sites for hydroxylation is 1. The number of para-hydroxylation sites is 1. The van der Waals surface area contributed by atoms with Crippen molar-refractivity contribution in [3.05, 3.63) is 114 Å². The van der Waals surface area contributed by atoms with E-state index in [0.717, 1.165) is 16.2 Å². The summed E-state index contributed by atoms with van der Waals surface area (Å²) in [5, 5.41) is 5.82. The zero-order chi connectivity index (χ0) is 23.8. The van der Waals surface area contributed by atoms with Crippen LogP contribution in [0.4, 0.5) is 11.4 Å². The van der Waals surface area contributed by atoms with Crippen molar-refractivity contribution in [2.75, 3.05) is 16.4 Å². The molecule has 0 bridgehead atoms. The van der Waals surface area contributed by atoms with Gasteiger partial charge < -0.3 is 15.4 Å². The number of thioether (sulfide) groups is 1. The first-order chi connectivity index (χ1) is 16.6. The summed E-state index contributed by atoms with van der Waals surface area (Å²) in [6.07, 6.45) is 0. The Bertz CT molecular complexity index is 1270. The fourth-order valence-corrected chi connectivity index (χ4v) is 4.02. The molecule has 0 saturated carbocycles. The minimum absolute atomic E-state index is 0.115. The summed E-state index contributed by atoms with van der Waals surface area (Å²) in [5.74, 6) is 1.43. The number of benzene rings is 4. The van der Waals surface area contributed by atoms with Crippen molar-refractivity contribution >= 4 is 35.0 Å². The second kappa shape index (κ2) is 11.2. The van der Waals surface area contributed by atoms with E-state index in [-0.39, 0.29) is 17.6 Å². The Morgan fingerprint density at radius 3 is 2.21 bits per heavy atom. The number of hydrogen-bond donors (Lipinski definition) is 2. The van der Waals surface area contributed by atoms with E-state index in [4.69, 9.17) is 4.74 Å². The van der Waals surface area contributed by atoms with Gasteiger partial charge in [-0.25, -0.2) is 0 Å². The van der Waals surface area contributed by atoms with Crippen LogP contribution in [-0.4, -0.2) is 17.6 Å². The van der Waals surface area contributed by atoms with Gasteiger partial charge in [0.25, 0.3) is 5.91 Å². The molecular formula is C28H24N2O3S. The molecule has 0 fully saturated rings. The molecule has 6 heteroatoms. The van der Waals surface area contributed by atoms with Crippen LogP contribution in [-0.2, 0) is 4.79 Å². The maximum absolute atomic E-state index is 12.6. The lowest BCUT2D eigenvalue weighted by Crippen LogP contribution is -2.14. The molecule has 0 aliphatic carbocycles. The number of anilines is 2. The number of carbonyl (C=O) groups excluding carboxylic acids is 2. The van der Waals surface area contributed by atoms with Crippen LogP contribution in [0.25, 0.3) is 0 Å². The predicted molar refractivity (Wildman–Crippen MR) is 138 cm³/mol. The Morgan fingerprint density at radius 2 is 1.44 bits per heavy atom. The molecule has 170 valence electrons. The smallest absolute Gasteiger partial charge is 0.255 e. The highest BCUT2D eigenvalue weighted by Gasteiger charge is 2.10. The first-order valence-electron chi connectivity index (χ1n) is 10.8. The molecule has 0 spiro atoms. The lowest BCUT2D eigenvalue weighted by Gasteiger charge is -2.10. The lowest BCUT2D eigenvalue weighted by atomic mass is 10.1. The van der Waals surface area contributed by atoms with Gasteiger partial charge in [-0.2, -0.15) is 0 Å². The summed E-state index contributed by atoms with van der Waals surface area (Å²) in [7, 11) is 0. The average Bonchev–Trinajstić information content (AvgIpc) is 2.85. The minimum atomic E-state index is -0.155. The molecule has 0 heterocycles. The summed E-state index contributed by atoms with van der Waals surface area (Å²) < 4.78 is 5.77. The van der Waals surface area contributed by atoms with Gasteiger partial charge in [0.15, 0.2) is 0 Å². The minimum Gasteiger partial charge on any atom is -0.457 e. The zero-order valence-corrected chi connectivity index (χ0v) is 19.5. The summed E-state index contributed by atoms with van der Waals surface area (Å²) in [6.45, 7) is 1.91. The van der Waals surface area contributed by atoms with E-state index in [0.29, 0.717) is 22.7 Å². The molecule has 4 rings (SSSR count). The Morgan fingerprint density at radius 1 is 0.735 bits per heavy atom. The molecule has 2 amide bonds. The van der Waals surface area contributed by atoms with Gasteiger partial charge in [-0.05, 0) is 73.2 Å². The summed E-state index contributed by atoms with van der Waals surface area (Å²) in [6, 6.07) is 31.7. The van der Waals surface area contributed by atoms with Crippen LogP contribution >= 0.6 is 11.8 Å². The summed E-state index contributed by atoms with van der Waals surface area (Å²) >= 11 is 1.40. The second-order valence-electron chi connectivity index (χ2n) is 7.57. The van der Waals surface area contributed by atoms with E-state index in [9.17, 15) is 9.59 Å². The molecular weight excluding hydrogens is 444 g/mol. The van der Waals surface area contributed by atoms with Gasteiger partial charge in [-0.15, -0.1) is 11.8 Å². The van der Waals surface area contributed by atoms with Gasteiger partial charge in [0.05, 0.1) is 5.75 Å². The molecule has 0 aliphatic heterocycles. The topological polar surface area (TPSA) is 67.4 Å². The number of carbonyl (C=O) groups is 2. The molecule has 4 aromatic rings. The van der Waals surface area contributed by atoms with Crippen molar-refractivity contribution in [2.24, 2.45) is 0 Å².